The molecule has 0 bridgehead atoms. The maximum absolute atomic E-state index is 10.2. The fourth-order valence-electron chi connectivity index (χ4n) is 0.750. The zero-order valence-corrected chi connectivity index (χ0v) is 10.8. The number of nitrogens with zero attached hydrogens (tertiary/aromatic N) is 1. The first-order chi connectivity index (χ1) is 7.09. The molecule has 0 saturated carbocycles. The first-order valence-electron chi connectivity index (χ1n) is 5.32. The molecule has 0 aliphatic carbocycles. The standard InChI is InChI=1S/C7H12O4.C4H12N/c1-2-3-4-5(6(8)9)7(10)11;1-5(2,3)4/h5H,2-4H2,1H3,(H,8,9)(H,10,11);1-4H3/q;+1/p-1. The largest absolute Gasteiger partial charge is 0.549 e. The van der Waals surface area contributed by atoms with Gasteiger partial charge in [0.05, 0.1) is 40.1 Å². The first kappa shape index (κ1) is 17.3. The van der Waals surface area contributed by atoms with Crippen molar-refractivity contribution in [2.45, 2.75) is 26.2 Å². The Balaban J connectivity index is 0. The molecule has 16 heavy (non-hydrogen) atoms. The summed E-state index contributed by atoms with van der Waals surface area (Å²) >= 11 is 0. The van der Waals surface area contributed by atoms with Gasteiger partial charge in [0.15, 0.2) is 0 Å². The first-order valence-corrected chi connectivity index (χ1v) is 5.32. The van der Waals surface area contributed by atoms with Crippen LogP contribution in [0.2, 0.25) is 0 Å². The number of hydrogen-bond acceptors (Lipinski definition) is 3. The summed E-state index contributed by atoms with van der Waals surface area (Å²) in [6.45, 7) is 1.87. The van der Waals surface area contributed by atoms with Gasteiger partial charge in [0.2, 0.25) is 0 Å². The van der Waals surface area contributed by atoms with Gasteiger partial charge in [-0.15, -0.1) is 0 Å². The highest BCUT2D eigenvalue weighted by atomic mass is 16.4. The molecule has 0 aliphatic heterocycles. The van der Waals surface area contributed by atoms with Gasteiger partial charge in [0.1, 0.15) is 0 Å². The van der Waals surface area contributed by atoms with Crippen molar-refractivity contribution in [3.05, 3.63) is 0 Å². The average Bonchev–Trinajstić information content (AvgIpc) is 2.00. The highest BCUT2D eigenvalue weighted by Crippen LogP contribution is 2.07. The fourth-order valence-corrected chi connectivity index (χ4v) is 0.750. The molecule has 0 aromatic carbocycles. The number of hydrogen-bond donors (Lipinski definition) is 1. The van der Waals surface area contributed by atoms with Crippen LogP contribution in [-0.4, -0.2) is 49.7 Å². The number of carboxylic acids is 2. The Kier molecular flexibility index (Phi) is 8.76. The molecule has 96 valence electrons. The zero-order valence-electron chi connectivity index (χ0n) is 10.8. The average molecular weight is 233 g/mol. The lowest BCUT2D eigenvalue weighted by Crippen LogP contribution is -2.36. The molecule has 5 nitrogen and oxygen atoms in total. The minimum atomic E-state index is -1.49. The molecule has 1 atom stereocenters. The van der Waals surface area contributed by atoms with E-state index in [1.165, 1.54) is 0 Å². The van der Waals surface area contributed by atoms with E-state index in [1.807, 2.05) is 6.92 Å². The number of aliphatic carboxylic acids is 2. The van der Waals surface area contributed by atoms with Gasteiger partial charge in [0, 0.05) is 0 Å². The molecular weight excluding hydrogens is 210 g/mol. The molecule has 0 aromatic rings. The van der Waals surface area contributed by atoms with Crippen LogP contribution in [-0.2, 0) is 9.59 Å². The van der Waals surface area contributed by atoms with Gasteiger partial charge in [-0.1, -0.05) is 19.8 Å². The quantitative estimate of drug-likeness (QED) is 0.533. The molecule has 1 unspecified atom stereocenters. The fraction of sp³-hybridized carbons (Fsp3) is 0.818. The van der Waals surface area contributed by atoms with Crippen LogP contribution in [0.4, 0.5) is 0 Å². The lowest BCUT2D eigenvalue weighted by atomic mass is 10.0. The second-order valence-electron chi connectivity index (χ2n) is 5.04. The van der Waals surface area contributed by atoms with E-state index in [2.05, 4.69) is 28.2 Å². The predicted molar refractivity (Wildman–Crippen MR) is 59.6 cm³/mol. The molecule has 0 amide bonds. The van der Waals surface area contributed by atoms with Crippen molar-refractivity contribution in [3.8, 4) is 0 Å². The summed E-state index contributed by atoms with van der Waals surface area (Å²) in [4.78, 5) is 20.4. The third-order valence-electron chi connectivity index (χ3n) is 1.43. The van der Waals surface area contributed by atoms with Gasteiger partial charge in [-0.05, 0) is 6.42 Å². The summed E-state index contributed by atoms with van der Waals surface area (Å²) in [6.07, 6.45) is 1.55. The molecule has 0 saturated heterocycles. The highest BCUT2D eigenvalue weighted by Gasteiger charge is 2.17. The monoisotopic (exact) mass is 233 g/mol. The molecule has 0 spiro atoms. The van der Waals surface area contributed by atoms with Gasteiger partial charge in [-0.25, -0.2) is 0 Å². The van der Waals surface area contributed by atoms with Crippen molar-refractivity contribution in [2.75, 3.05) is 28.2 Å². The van der Waals surface area contributed by atoms with Crippen molar-refractivity contribution in [1.82, 2.24) is 0 Å². The van der Waals surface area contributed by atoms with Crippen molar-refractivity contribution in [1.29, 1.82) is 0 Å². The summed E-state index contributed by atoms with van der Waals surface area (Å²) in [5.41, 5.74) is 0. The Morgan fingerprint density at radius 2 is 1.62 bits per heavy atom. The number of carboxylic acid groups (broad SMARTS) is 2. The minimum Gasteiger partial charge on any atom is -0.549 e. The second kappa shape index (κ2) is 8.10. The van der Waals surface area contributed by atoms with E-state index in [4.69, 9.17) is 5.11 Å². The minimum absolute atomic E-state index is 0.161. The lowest BCUT2D eigenvalue weighted by molar-refractivity contribution is -0.849. The third-order valence-corrected chi connectivity index (χ3v) is 1.43. The van der Waals surface area contributed by atoms with Crippen molar-refractivity contribution in [2.24, 2.45) is 5.92 Å². The molecule has 1 N–H and O–H groups in total. The Bertz CT molecular complexity index is 201. The topological polar surface area (TPSA) is 77.4 Å². The Morgan fingerprint density at radius 1 is 1.25 bits per heavy atom. The Labute approximate surface area is 97.3 Å². The summed E-state index contributed by atoms with van der Waals surface area (Å²) in [6, 6.07) is 0. The molecule has 0 aliphatic rings. The van der Waals surface area contributed by atoms with E-state index in [9.17, 15) is 14.7 Å². The van der Waals surface area contributed by atoms with Crippen molar-refractivity contribution >= 4 is 11.9 Å². The number of carbonyl (C=O) groups is 2. The molecule has 0 radical (unpaired) electrons. The summed E-state index contributed by atoms with van der Waals surface area (Å²) in [5, 5.41) is 18.5. The SMILES string of the molecule is CCCCC(C(=O)[O-])C(=O)O.C[N+](C)(C)C. The van der Waals surface area contributed by atoms with E-state index in [0.717, 1.165) is 10.9 Å². The number of quaternary nitrogens is 1. The molecule has 0 fully saturated rings. The summed E-state index contributed by atoms with van der Waals surface area (Å²) in [7, 11) is 8.50. The van der Waals surface area contributed by atoms with Crippen molar-refractivity contribution in [3.63, 3.8) is 0 Å². The van der Waals surface area contributed by atoms with Crippen LogP contribution in [0.3, 0.4) is 0 Å². The van der Waals surface area contributed by atoms with Crippen molar-refractivity contribution < 1.29 is 24.3 Å². The van der Waals surface area contributed by atoms with E-state index in [0.29, 0.717) is 6.42 Å². The van der Waals surface area contributed by atoms with Gasteiger partial charge >= 0.3 is 5.97 Å². The van der Waals surface area contributed by atoms with Crippen LogP contribution < -0.4 is 5.11 Å². The third kappa shape index (κ3) is 15.4. The van der Waals surface area contributed by atoms with Crippen LogP contribution in [0.5, 0.6) is 0 Å². The van der Waals surface area contributed by atoms with E-state index in [1.54, 1.807) is 0 Å². The summed E-state index contributed by atoms with van der Waals surface area (Å²) in [5.74, 6) is -4.14. The van der Waals surface area contributed by atoms with Crippen LogP contribution in [0.15, 0.2) is 0 Å². The number of unbranched alkanes of at least 4 members (excludes halogenated alkanes) is 1. The summed E-state index contributed by atoms with van der Waals surface area (Å²) < 4.78 is 1.00. The lowest BCUT2D eigenvalue weighted by Gasteiger charge is -2.14. The van der Waals surface area contributed by atoms with E-state index < -0.39 is 17.9 Å². The van der Waals surface area contributed by atoms with Gasteiger partial charge in [-0.2, -0.15) is 0 Å². The van der Waals surface area contributed by atoms with Crippen LogP contribution in [0, 0.1) is 5.92 Å². The molecular formula is C11H23NO4. The van der Waals surface area contributed by atoms with Gasteiger partial charge in [0.25, 0.3) is 0 Å². The number of rotatable bonds is 5. The maximum atomic E-state index is 10.2. The molecule has 0 rings (SSSR count). The van der Waals surface area contributed by atoms with Crippen LogP contribution in [0.25, 0.3) is 0 Å². The van der Waals surface area contributed by atoms with E-state index >= 15 is 0 Å². The normalized spacial score (nSPS) is 12.3. The predicted octanol–water partition coefficient (Wildman–Crippen LogP) is -0.0503. The van der Waals surface area contributed by atoms with Gasteiger partial charge in [-0.3, -0.25) is 4.79 Å². The smallest absolute Gasteiger partial charge is 0.312 e. The van der Waals surface area contributed by atoms with Crippen LogP contribution in [0.1, 0.15) is 26.2 Å². The molecule has 0 aromatic heterocycles. The number of carbonyl (C=O) groups excluding carboxylic acids is 1. The zero-order chi connectivity index (χ0) is 13.4. The molecule has 5 heteroatoms. The maximum Gasteiger partial charge on any atom is 0.312 e. The highest BCUT2D eigenvalue weighted by molar-refractivity contribution is 5.91. The van der Waals surface area contributed by atoms with E-state index in [-0.39, 0.29) is 6.42 Å². The molecule has 0 heterocycles. The Hall–Kier alpha value is -1.10. The van der Waals surface area contributed by atoms with Gasteiger partial charge < -0.3 is 19.5 Å². The van der Waals surface area contributed by atoms with Crippen LogP contribution >= 0.6 is 0 Å². The second-order valence-corrected chi connectivity index (χ2v) is 5.04. The Morgan fingerprint density at radius 3 is 1.81 bits per heavy atom.